The van der Waals surface area contributed by atoms with Gasteiger partial charge in [0.25, 0.3) is 0 Å². The molecular formula is C19H20BrF3N2O5. The smallest absolute Gasteiger partial charge is 0.424 e. The average Bonchev–Trinajstić information content (AvgIpc) is 2.99. The van der Waals surface area contributed by atoms with E-state index in [2.05, 4.69) is 21.0 Å². The Hall–Kier alpha value is -2.53. The molecule has 1 N–H and O–H groups in total. The van der Waals surface area contributed by atoms with Crippen molar-refractivity contribution in [3.8, 4) is 5.88 Å². The summed E-state index contributed by atoms with van der Waals surface area (Å²) in [6.07, 6.45) is -4.48. The van der Waals surface area contributed by atoms with Crippen molar-refractivity contribution in [3.05, 3.63) is 51.8 Å². The maximum Gasteiger partial charge on any atom is 0.424 e. The fraction of sp³-hybridized carbons (Fsp3) is 0.368. The van der Waals surface area contributed by atoms with Gasteiger partial charge in [0, 0.05) is 0 Å². The molecule has 2 aromatic rings. The number of rotatable bonds is 8. The Morgan fingerprint density at radius 2 is 2.00 bits per heavy atom. The number of aliphatic hydroxyl groups excluding tert-OH is 1. The molecule has 0 saturated heterocycles. The Morgan fingerprint density at radius 3 is 2.57 bits per heavy atom. The van der Waals surface area contributed by atoms with E-state index in [9.17, 15) is 23.1 Å². The van der Waals surface area contributed by atoms with Gasteiger partial charge >= 0.3 is 12.1 Å². The molecule has 0 aliphatic carbocycles. The number of carbonyl (C=O) groups is 1. The summed E-state index contributed by atoms with van der Waals surface area (Å²) in [5.41, 5.74) is -0.222. The van der Waals surface area contributed by atoms with Crippen molar-refractivity contribution >= 4 is 27.5 Å². The number of hydrogen-bond donors (Lipinski definition) is 1. The number of aromatic nitrogens is 2. The van der Waals surface area contributed by atoms with E-state index >= 15 is 0 Å². The molecule has 1 atom stereocenters. The van der Waals surface area contributed by atoms with Gasteiger partial charge in [0.15, 0.2) is 5.56 Å². The molecule has 1 heterocycles. The summed E-state index contributed by atoms with van der Waals surface area (Å²) in [6, 6.07) is 6.49. The first kappa shape index (κ1) is 23.7. The van der Waals surface area contributed by atoms with Crippen LogP contribution in [0.4, 0.5) is 13.2 Å². The van der Waals surface area contributed by atoms with E-state index in [4.69, 9.17) is 14.2 Å². The van der Waals surface area contributed by atoms with Gasteiger partial charge in [-0.2, -0.15) is 13.2 Å². The normalized spacial score (nSPS) is 13.1. The minimum atomic E-state index is -4.74. The third-order valence-corrected chi connectivity index (χ3v) is 4.70. The Balaban J connectivity index is 2.41. The van der Waals surface area contributed by atoms with Crippen molar-refractivity contribution in [3.63, 3.8) is 0 Å². The lowest BCUT2D eigenvalue weighted by atomic mass is 10.0. The summed E-state index contributed by atoms with van der Waals surface area (Å²) in [5.74, 6) is -1.33. The van der Waals surface area contributed by atoms with Gasteiger partial charge < -0.3 is 19.3 Å². The number of carbonyl (C=O) groups excluding carboxylic acids is 1. The number of esters is 1. The van der Waals surface area contributed by atoms with Crippen LogP contribution in [0.3, 0.4) is 0 Å². The second-order valence-electron chi connectivity index (χ2n) is 6.20. The largest absolute Gasteiger partial charge is 0.503 e. The first-order valence-corrected chi connectivity index (χ1v) is 9.43. The summed E-state index contributed by atoms with van der Waals surface area (Å²) in [7, 11) is 2.55. The Kier molecular flexibility index (Phi) is 7.90. The highest BCUT2D eigenvalue weighted by Gasteiger charge is 2.41. The molecule has 0 saturated carbocycles. The van der Waals surface area contributed by atoms with E-state index in [0.717, 1.165) is 4.68 Å². The molecule has 30 heavy (non-hydrogen) atoms. The van der Waals surface area contributed by atoms with Crippen molar-refractivity contribution < 1.29 is 37.3 Å². The van der Waals surface area contributed by atoms with Crippen molar-refractivity contribution in [2.75, 3.05) is 14.2 Å². The quantitative estimate of drug-likeness (QED) is 0.343. The number of hydrogen-bond acceptors (Lipinski definition) is 6. The molecule has 1 unspecified atom stereocenters. The van der Waals surface area contributed by atoms with E-state index in [1.807, 2.05) is 0 Å². The Labute approximate surface area is 179 Å². The topological polar surface area (TPSA) is 82.8 Å². The molecule has 0 aliphatic heterocycles. The molecule has 0 amide bonds. The van der Waals surface area contributed by atoms with Crippen LogP contribution >= 0.6 is 15.9 Å². The van der Waals surface area contributed by atoms with Crippen LogP contribution in [0.5, 0.6) is 5.88 Å². The molecule has 0 bridgehead atoms. The van der Waals surface area contributed by atoms with E-state index in [1.165, 1.54) is 27.4 Å². The van der Waals surface area contributed by atoms with Gasteiger partial charge in [-0.3, -0.25) is 4.68 Å². The zero-order valence-corrected chi connectivity index (χ0v) is 18.0. The van der Waals surface area contributed by atoms with Crippen LogP contribution < -0.4 is 4.74 Å². The third kappa shape index (κ3) is 5.54. The van der Waals surface area contributed by atoms with Gasteiger partial charge in [0.1, 0.15) is 16.8 Å². The lowest BCUT2D eigenvalue weighted by Crippen LogP contribution is -2.14. The number of nitrogens with zero attached hydrogens (tertiary/aromatic N) is 2. The first-order chi connectivity index (χ1) is 14.1. The number of methoxy groups -OCH3 is 2. The zero-order valence-electron chi connectivity index (χ0n) is 16.4. The molecule has 1 aromatic heterocycles. The molecule has 0 radical (unpaired) electrons. The highest BCUT2D eigenvalue weighted by molar-refractivity contribution is 9.10. The van der Waals surface area contributed by atoms with Gasteiger partial charge in [0.05, 0.1) is 33.1 Å². The van der Waals surface area contributed by atoms with Crippen LogP contribution in [0.2, 0.25) is 0 Å². The van der Waals surface area contributed by atoms with Crippen LogP contribution in [0.15, 0.2) is 35.1 Å². The number of aliphatic hydroxyl groups is 1. The van der Waals surface area contributed by atoms with Gasteiger partial charge in [-0.25, -0.2) is 4.79 Å². The minimum absolute atomic E-state index is 0.0797. The highest BCUT2D eigenvalue weighted by Crippen LogP contribution is 2.41. The Bertz CT molecular complexity index is 925. The summed E-state index contributed by atoms with van der Waals surface area (Å²) in [6.45, 7) is 0.955. The monoisotopic (exact) mass is 492 g/mol. The number of benzene rings is 1. The maximum atomic E-state index is 13.5. The van der Waals surface area contributed by atoms with Crippen LogP contribution in [-0.2, 0) is 33.6 Å². The molecule has 1 aromatic carbocycles. The molecule has 11 heteroatoms. The van der Waals surface area contributed by atoms with Crippen LogP contribution in [0, 0.1) is 0 Å². The Morgan fingerprint density at radius 1 is 1.33 bits per heavy atom. The minimum Gasteiger partial charge on any atom is -0.503 e. The molecular weight excluding hydrogens is 473 g/mol. The zero-order chi connectivity index (χ0) is 22.5. The molecule has 2 rings (SSSR count). The van der Waals surface area contributed by atoms with Crippen molar-refractivity contribution in [2.24, 2.45) is 0 Å². The van der Waals surface area contributed by atoms with Crippen molar-refractivity contribution in [1.82, 2.24) is 9.78 Å². The average molecular weight is 493 g/mol. The van der Waals surface area contributed by atoms with E-state index < -0.39 is 29.7 Å². The van der Waals surface area contributed by atoms with Crippen LogP contribution in [0.25, 0.3) is 5.57 Å². The summed E-state index contributed by atoms with van der Waals surface area (Å²) < 4.78 is 56.3. The lowest BCUT2D eigenvalue weighted by molar-refractivity contribution is -0.139. The van der Waals surface area contributed by atoms with Gasteiger partial charge in [-0.05, 0) is 34.0 Å². The van der Waals surface area contributed by atoms with Crippen molar-refractivity contribution in [1.29, 1.82) is 0 Å². The molecule has 0 fully saturated rings. The number of ether oxygens (including phenoxy) is 3. The van der Waals surface area contributed by atoms with E-state index in [-0.39, 0.29) is 23.3 Å². The summed E-state index contributed by atoms with van der Waals surface area (Å²) >= 11 is 2.88. The predicted octanol–water partition coefficient (Wildman–Crippen LogP) is 3.78. The molecule has 0 aliphatic rings. The number of halogens is 4. The van der Waals surface area contributed by atoms with Gasteiger partial charge in [0.2, 0.25) is 5.88 Å². The fourth-order valence-electron chi connectivity index (χ4n) is 2.64. The number of alkyl halides is 3. The predicted molar refractivity (Wildman–Crippen MR) is 104 cm³/mol. The third-order valence-electron chi connectivity index (χ3n) is 3.89. The van der Waals surface area contributed by atoms with E-state index in [0.29, 0.717) is 11.1 Å². The summed E-state index contributed by atoms with van der Waals surface area (Å²) in [5, 5.41) is 13.3. The van der Waals surface area contributed by atoms with Crippen molar-refractivity contribution in [2.45, 2.75) is 32.4 Å². The molecule has 0 spiro atoms. The van der Waals surface area contributed by atoms with Crippen LogP contribution in [-0.4, -0.2) is 41.2 Å². The molecule has 7 nitrogen and oxygen atoms in total. The fourth-order valence-corrected chi connectivity index (χ4v) is 3.25. The van der Waals surface area contributed by atoms with Gasteiger partial charge in [-0.1, -0.05) is 24.3 Å². The standard InChI is InChI=1S/C19H20BrF3N2O5/c1-11(26)8-25-16(20)15(19(21,22)23)17(24-25)30-9-12-6-4-5-7-13(12)14(10-28-2)18(27)29-3/h4-7,10-11,26H,8-9H2,1-3H3/b14-10+. The second kappa shape index (κ2) is 9.98. The van der Waals surface area contributed by atoms with Gasteiger partial charge in [-0.15, -0.1) is 5.10 Å². The SMILES string of the molecule is CO/C=C(/C(=O)OC)c1ccccc1COc1nn(CC(C)O)c(Br)c1C(F)(F)F. The lowest BCUT2D eigenvalue weighted by Gasteiger charge is -2.13. The molecule has 164 valence electrons. The van der Waals surface area contributed by atoms with E-state index in [1.54, 1.807) is 24.3 Å². The summed E-state index contributed by atoms with van der Waals surface area (Å²) in [4.78, 5) is 12.1. The first-order valence-electron chi connectivity index (χ1n) is 8.64. The van der Waals surface area contributed by atoms with Crippen LogP contribution in [0.1, 0.15) is 23.6 Å². The second-order valence-corrected chi connectivity index (χ2v) is 6.96. The maximum absolute atomic E-state index is 13.5. The highest BCUT2D eigenvalue weighted by atomic mass is 79.9.